The molecule has 0 spiro atoms. The number of anilines is 2. The third-order valence-electron chi connectivity index (χ3n) is 2.68. The lowest BCUT2D eigenvalue weighted by atomic mass is 9.91. The van der Waals surface area contributed by atoms with E-state index in [2.05, 4.69) is 52.1 Å². The highest BCUT2D eigenvalue weighted by molar-refractivity contribution is 7.10. The van der Waals surface area contributed by atoms with E-state index in [1.165, 1.54) is 4.88 Å². The van der Waals surface area contributed by atoms with Crippen molar-refractivity contribution in [3.8, 4) is 0 Å². The van der Waals surface area contributed by atoms with Crippen LogP contribution in [0.4, 0.5) is 11.6 Å². The Labute approximate surface area is 110 Å². The number of hydrogen-bond acceptors (Lipinski definition) is 6. The minimum atomic E-state index is 0.0575. The van der Waals surface area contributed by atoms with Gasteiger partial charge in [0.05, 0.1) is 12.4 Å². The molecule has 0 aliphatic heterocycles. The molecule has 0 fully saturated rings. The molecule has 2 rings (SSSR count). The van der Waals surface area contributed by atoms with Crippen LogP contribution in [0.25, 0.3) is 0 Å². The Kier molecular flexibility index (Phi) is 3.78. The van der Waals surface area contributed by atoms with Gasteiger partial charge in [-0.3, -0.25) is 4.98 Å². The number of hydrazine groups is 1. The van der Waals surface area contributed by atoms with E-state index in [0.29, 0.717) is 5.82 Å². The fraction of sp³-hybridized carbons (Fsp3) is 0.333. The molecule has 0 aromatic carbocycles. The summed E-state index contributed by atoms with van der Waals surface area (Å²) in [7, 11) is 0. The topological polar surface area (TPSA) is 75.9 Å². The second-order valence-corrected chi connectivity index (χ2v) is 5.60. The number of rotatable bonds is 5. The first-order chi connectivity index (χ1) is 8.62. The van der Waals surface area contributed by atoms with Crippen molar-refractivity contribution >= 4 is 23.0 Å². The van der Waals surface area contributed by atoms with Gasteiger partial charge in [0.25, 0.3) is 0 Å². The van der Waals surface area contributed by atoms with E-state index < -0.39 is 0 Å². The Morgan fingerprint density at radius 1 is 1.33 bits per heavy atom. The van der Waals surface area contributed by atoms with Crippen molar-refractivity contribution in [3.63, 3.8) is 0 Å². The molecule has 2 aromatic heterocycles. The first-order valence-corrected chi connectivity index (χ1v) is 6.56. The lowest BCUT2D eigenvalue weighted by Gasteiger charge is -2.23. The van der Waals surface area contributed by atoms with Gasteiger partial charge in [0.2, 0.25) is 0 Å². The fourth-order valence-electron chi connectivity index (χ4n) is 1.58. The van der Waals surface area contributed by atoms with Gasteiger partial charge in [0, 0.05) is 16.8 Å². The van der Waals surface area contributed by atoms with Crippen LogP contribution in [0.15, 0.2) is 29.9 Å². The van der Waals surface area contributed by atoms with Gasteiger partial charge in [-0.05, 0) is 11.4 Å². The highest BCUT2D eigenvalue weighted by Gasteiger charge is 2.21. The van der Waals surface area contributed by atoms with Crippen molar-refractivity contribution in [1.29, 1.82) is 0 Å². The molecule has 0 atom stereocenters. The van der Waals surface area contributed by atoms with Crippen LogP contribution in [0.1, 0.15) is 18.7 Å². The largest absolute Gasteiger partial charge is 0.368 e. The SMILES string of the molecule is CC(C)(CNc1cncc(NN)n1)c1cccs1. The first-order valence-electron chi connectivity index (χ1n) is 5.68. The van der Waals surface area contributed by atoms with Gasteiger partial charge in [0.1, 0.15) is 5.82 Å². The maximum Gasteiger partial charge on any atom is 0.160 e. The zero-order chi connectivity index (χ0) is 13.0. The van der Waals surface area contributed by atoms with E-state index in [1.807, 2.05) is 0 Å². The summed E-state index contributed by atoms with van der Waals surface area (Å²) in [6.07, 6.45) is 3.26. The lowest BCUT2D eigenvalue weighted by Crippen LogP contribution is -2.27. The Morgan fingerprint density at radius 2 is 2.11 bits per heavy atom. The van der Waals surface area contributed by atoms with Crippen LogP contribution < -0.4 is 16.6 Å². The predicted octanol–water partition coefficient (Wildman–Crippen LogP) is 2.21. The van der Waals surface area contributed by atoms with Crippen LogP contribution in [0.2, 0.25) is 0 Å². The molecule has 0 saturated heterocycles. The molecular formula is C12H17N5S. The number of nitrogens with one attached hydrogen (secondary N) is 2. The number of nitrogen functional groups attached to an aromatic ring is 1. The summed E-state index contributed by atoms with van der Waals surface area (Å²) in [5.74, 6) is 6.57. The maximum absolute atomic E-state index is 5.30. The zero-order valence-electron chi connectivity index (χ0n) is 10.5. The van der Waals surface area contributed by atoms with E-state index in [0.717, 1.165) is 12.4 Å². The number of thiophene rings is 1. The molecule has 0 unspecified atom stereocenters. The smallest absolute Gasteiger partial charge is 0.160 e. The van der Waals surface area contributed by atoms with Crippen molar-refractivity contribution in [2.24, 2.45) is 5.84 Å². The van der Waals surface area contributed by atoms with E-state index in [1.54, 1.807) is 23.7 Å². The number of aromatic nitrogens is 2. The molecule has 0 amide bonds. The number of nitrogens with two attached hydrogens (primary N) is 1. The van der Waals surface area contributed by atoms with E-state index in [-0.39, 0.29) is 5.41 Å². The molecule has 4 N–H and O–H groups in total. The average Bonchev–Trinajstić information content (AvgIpc) is 2.91. The Hall–Kier alpha value is -1.66. The molecule has 2 aromatic rings. The zero-order valence-corrected chi connectivity index (χ0v) is 11.3. The molecule has 0 radical (unpaired) electrons. The Bertz CT molecular complexity index is 495. The molecule has 0 saturated carbocycles. The monoisotopic (exact) mass is 263 g/mol. The predicted molar refractivity (Wildman–Crippen MR) is 75.7 cm³/mol. The lowest BCUT2D eigenvalue weighted by molar-refractivity contribution is 0.568. The van der Waals surface area contributed by atoms with Crippen LogP contribution in [0, 0.1) is 0 Å². The van der Waals surface area contributed by atoms with Gasteiger partial charge in [-0.25, -0.2) is 10.8 Å². The molecule has 96 valence electrons. The van der Waals surface area contributed by atoms with Gasteiger partial charge < -0.3 is 10.7 Å². The second-order valence-electron chi connectivity index (χ2n) is 4.65. The van der Waals surface area contributed by atoms with E-state index >= 15 is 0 Å². The van der Waals surface area contributed by atoms with Crippen LogP contribution in [-0.2, 0) is 5.41 Å². The standard InChI is InChI=1S/C12H17N5S/c1-12(2,9-4-3-5-18-9)8-15-10-6-14-7-11(16-10)17-13/h3-7H,8,13H2,1-2H3,(H2,15,16,17). The molecule has 0 aliphatic rings. The summed E-state index contributed by atoms with van der Waals surface area (Å²) in [6, 6.07) is 4.22. The van der Waals surface area contributed by atoms with Gasteiger partial charge in [0.15, 0.2) is 5.82 Å². The van der Waals surface area contributed by atoms with E-state index in [9.17, 15) is 0 Å². The van der Waals surface area contributed by atoms with Gasteiger partial charge in [-0.15, -0.1) is 11.3 Å². The second kappa shape index (κ2) is 5.32. The van der Waals surface area contributed by atoms with Crippen molar-refractivity contribution in [1.82, 2.24) is 9.97 Å². The quantitative estimate of drug-likeness (QED) is 0.569. The van der Waals surface area contributed by atoms with Crippen LogP contribution in [0.5, 0.6) is 0 Å². The van der Waals surface area contributed by atoms with Crippen molar-refractivity contribution in [3.05, 3.63) is 34.8 Å². The fourth-order valence-corrected chi connectivity index (χ4v) is 2.44. The number of hydrogen-bond donors (Lipinski definition) is 3. The number of nitrogens with zero attached hydrogens (tertiary/aromatic N) is 2. The minimum absolute atomic E-state index is 0.0575. The molecule has 0 aliphatic carbocycles. The summed E-state index contributed by atoms with van der Waals surface area (Å²) in [6.45, 7) is 5.19. The third-order valence-corrected chi connectivity index (χ3v) is 3.92. The summed E-state index contributed by atoms with van der Waals surface area (Å²) in [5.41, 5.74) is 2.54. The normalized spacial score (nSPS) is 11.3. The van der Waals surface area contributed by atoms with Crippen LogP contribution in [0.3, 0.4) is 0 Å². The summed E-state index contributed by atoms with van der Waals surface area (Å²) >= 11 is 1.76. The molecule has 2 heterocycles. The van der Waals surface area contributed by atoms with Crippen LogP contribution >= 0.6 is 11.3 Å². The van der Waals surface area contributed by atoms with Gasteiger partial charge in [-0.1, -0.05) is 19.9 Å². The Balaban J connectivity index is 2.02. The van der Waals surface area contributed by atoms with Gasteiger partial charge >= 0.3 is 0 Å². The molecule has 0 bridgehead atoms. The highest BCUT2D eigenvalue weighted by atomic mass is 32.1. The van der Waals surface area contributed by atoms with Crippen LogP contribution in [-0.4, -0.2) is 16.5 Å². The molecule has 18 heavy (non-hydrogen) atoms. The summed E-state index contributed by atoms with van der Waals surface area (Å²) < 4.78 is 0. The highest BCUT2D eigenvalue weighted by Crippen LogP contribution is 2.27. The van der Waals surface area contributed by atoms with Crippen molar-refractivity contribution in [2.75, 3.05) is 17.3 Å². The summed E-state index contributed by atoms with van der Waals surface area (Å²) in [5, 5.41) is 5.38. The first kappa shape index (κ1) is 12.8. The summed E-state index contributed by atoms with van der Waals surface area (Å²) in [4.78, 5) is 9.67. The van der Waals surface area contributed by atoms with Crippen molar-refractivity contribution < 1.29 is 0 Å². The molecular weight excluding hydrogens is 246 g/mol. The third kappa shape index (κ3) is 2.96. The molecule has 6 heteroatoms. The maximum atomic E-state index is 5.30. The Morgan fingerprint density at radius 3 is 2.78 bits per heavy atom. The van der Waals surface area contributed by atoms with E-state index in [4.69, 9.17) is 5.84 Å². The molecule has 5 nitrogen and oxygen atoms in total. The average molecular weight is 263 g/mol. The minimum Gasteiger partial charge on any atom is -0.368 e. The van der Waals surface area contributed by atoms with Crippen molar-refractivity contribution in [2.45, 2.75) is 19.3 Å². The van der Waals surface area contributed by atoms with Gasteiger partial charge in [-0.2, -0.15) is 0 Å².